The smallest absolute Gasteiger partial charge is 0.410 e. The van der Waals surface area contributed by atoms with Crippen LogP contribution in [-0.4, -0.2) is 35.5 Å². The van der Waals surface area contributed by atoms with E-state index in [0.29, 0.717) is 25.4 Å². The second-order valence-electron chi connectivity index (χ2n) is 6.15. The van der Waals surface area contributed by atoms with E-state index in [9.17, 15) is 9.59 Å². The molecule has 0 atom stereocenters. The van der Waals surface area contributed by atoms with E-state index < -0.39 is 5.60 Å². The number of carbonyl (C=O) groups is 2. The summed E-state index contributed by atoms with van der Waals surface area (Å²) >= 11 is 0. The zero-order valence-corrected chi connectivity index (χ0v) is 11.4. The summed E-state index contributed by atoms with van der Waals surface area (Å²) in [6.45, 7) is 10.6. The van der Waals surface area contributed by atoms with Gasteiger partial charge in [0.15, 0.2) is 0 Å². The molecule has 1 amide bonds. The first-order chi connectivity index (χ1) is 7.69. The van der Waals surface area contributed by atoms with Crippen LogP contribution in [0.4, 0.5) is 4.79 Å². The molecule has 0 aromatic carbocycles. The normalized spacial score (nSPS) is 16.9. The Kier molecular flexibility index (Phi) is 4.17. The molecule has 0 aromatic rings. The van der Waals surface area contributed by atoms with Gasteiger partial charge in [0, 0.05) is 19.5 Å². The lowest BCUT2D eigenvalue weighted by Crippen LogP contribution is -2.54. The van der Waals surface area contributed by atoms with E-state index in [1.807, 2.05) is 34.6 Å². The van der Waals surface area contributed by atoms with E-state index in [4.69, 9.17) is 4.74 Å². The molecule has 0 unspecified atom stereocenters. The van der Waals surface area contributed by atoms with Crippen molar-refractivity contribution < 1.29 is 14.3 Å². The predicted octanol–water partition coefficient (Wildman–Crippen LogP) is 2.47. The highest BCUT2D eigenvalue weighted by molar-refractivity contribution is 5.84. The van der Waals surface area contributed by atoms with Gasteiger partial charge in [-0.2, -0.15) is 0 Å². The van der Waals surface area contributed by atoms with Crippen molar-refractivity contribution >= 4 is 11.9 Å². The van der Waals surface area contributed by atoms with Crippen molar-refractivity contribution in [3.63, 3.8) is 0 Å². The van der Waals surface area contributed by atoms with Crippen LogP contribution >= 0.6 is 0 Å². The number of hydrogen-bond donors (Lipinski definition) is 0. The molecule has 4 nitrogen and oxygen atoms in total. The maximum absolute atomic E-state index is 11.7. The quantitative estimate of drug-likeness (QED) is 0.762. The Morgan fingerprint density at radius 1 is 1.29 bits per heavy atom. The van der Waals surface area contributed by atoms with Gasteiger partial charge in [-0.25, -0.2) is 4.79 Å². The maximum atomic E-state index is 11.7. The monoisotopic (exact) mass is 241 g/mol. The van der Waals surface area contributed by atoms with Gasteiger partial charge in [0.05, 0.1) is 5.92 Å². The van der Waals surface area contributed by atoms with E-state index >= 15 is 0 Å². The Morgan fingerprint density at radius 3 is 2.24 bits per heavy atom. The first-order valence-electron chi connectivity index (χ1n) is 6.19. The summed E-state index contributed by atoms with van der Waals surface area (Å²) in [7, 11) is 0. The number of likely N-dealkylation sites (tertiary alicyclic amines) is 1. The molecule has 17 heavy (non-hydrogen) atoms. The largest absolute Gasteiger partial charge is 0.444 e. The molecule has 1 saturated heterocycles. The third-order valence-corrected chi connectivity index (χ3v) is 2.60. The van der Waals surface area contributed by atoms with Crippen LogP contribution in [0.25, 0.3) is 0 Å². The van der Waals surface area contributed by atoms with Gasteiger partial charge in [-0.1, -0.05) is 13.8 Å². The van der Waals surface area contributed by atoms with Crippen LogP contribution in [0.15, 0.2) is 0 Å². The fourth-order valence-corrected chi connectivity index (χ4v) is 1.73. The second kappa shape index (κ2) is 5.07. The van der Waals surface area contributed by atoms with Crippen LogP contribution < -0.4 is 0 Å². The van der Waals surface area contributed by atoms with Crippen LogP contribution in [0.1, 0.15) is 41.0 Å². The summed E-state index contributed by atoms with van der Waals surface area (Å²) in [5.41, 5.74) is -0.468. The van der Waals surface area contributed by atoms with Crippen molar-refractivity contribution in [1.29, 1.82) is 0 Å². The molecule has 4 heteroatoms. The summed E-state index contributed by atoms with van der Waals surface area (Å²) in [6, 6.07) is 0. The van der Waals surface area contributed by atoms with Crippen molar-refractivity contribution in [1.82, 2.24) is 4.90 Å². The third kappa shape index (κ3) is 4.36. The standard InChI is InChI=1S/C13H23NO3/c1-9(2)6-11(15)10-7-14(8-10)12(16)17-13(3,4)5/h9-10H,6-8H2,1-5H3. The fraction of sp³-hybridized carbons (Fsp3) is 0.846. The second-order valence-corrected chi connectivity index (χ2v) is 6.15. The molecule has 0 radical (unpaired) electrons. The third-order valence-electron chi connectivity index (χ3n) is 2.60. The van der Waals surface area contributed by atoms with Crippen LogP contribution in [-0.2, 0) is 9.53 Å². The lowest BCUT2D eigenvalue weighted by Gasteiger charge is -2.39. The number of nitrogens with zero attached hydrogens (tertiary/aromatic N) is 1. The fourth-order valence-electron chi connectivity index (χ4n) is 1.73. The zero-order valence-electron chi connectivity index (χ0n) is 11.4. The van der Waals surface area contributed by atoms with Gasteiger partial charge in [-0.05, 0) is 26.7 Å². The summed E-state index contributed by atoms with van der Waals surface area (Å²) in [5.74, 6) is 0.669. The molecule has 0 saturated carbocycles. The molecule has 0 aliphatic carbocycles. The van der Waals surface area contributed by atoms with Crippen LogP contribution in [0.5, 0.6) is 0 Å². The number of amides is 1. The lowest BCUT2D eigenvalue weighted by atomic mass is 9.90. The molecular weight excluding hydrogens is 218 g/mol. The first-order valence-corrected chi connectivity index (χ1v) is 6.19. The minimum absolute atomic E-state index is 0.0184. The summed E-state index contributed by atoms with van der Waals surface area (Å²) < 4.78 is 5.23. The molecule has 1 rings (SSSR count). The average molecular weight is 241 g/mol. The SMILES string of the molecule is CC(C)CC(=O)C1CN(C(=O)OC(C)(C)C)C1. The maximum Gasteiger partial charge on any atom is 0.410 e. The van der Waals surface area contributed by atoms with Gasteiger partial charge in [0.1, 0.15) is 11.4 Å². The number of hydrogen-bond acceptors (Lipinski definition) is 3. The highest BCUT2D eigenvalue weighted by Crippen LogP contribution is 2.22. The Bertz CT molecular complexity index is 298. The van der Waals surface area contributed by atoms with Gasteiger partial charge in [0.2, 0.25) is 0 Å². The molecular formula is C13H23NO3. The molecule has 0 bridgehead atoms. The van der Waals surface area contributed by atoms with Crippen LogP contribution in [0, 0.1) is 11.8 Å². The van der Waals surface area contributed by atoms with E-state index in [1.165, 1.54) is 0 Å². The first kappa shape index (κ1) is 14.0. The Morgan fingerprint density at radius 2 is 1.82 bits per heavy atom. The van der Waals surface area contributed by atoms with Crippen LogP contribution in [0.2, 0.25) is 0 Å². The zero-order chi connectivity index (χ0) is 13.2. The number of ether oxygens (including phenoxy) is 1. The molecule has 1 heterocycles. The number of rotatable bonds is 3. The van der Waals surface area contributed by atoms with E-state index in [0.717, 1.165) is 0 Å². The summed E-state index contributed by atoms with van der Waals surface area (Å²) in [5, 5.41) is 0. The van der Waals surface area contributed by atoms with Gasteiger partial charge >= 0.3 is 6.09 Å². The lowest BCUT2D eigenvalue weighted by molar-refractivity contribution is -0.128. The Hall–Kier alpha value is -1.06. The van der Waals surface area contributed by atoms with Gasteiger partial charge < -0.3 is 9.64 Å². The highest BCUT2D eigenvalue weighted by atomic mass is 16.6. The number of Topliss-reactive ketones (excluding diaryl/α,β-unsaturated/α-hetero) is 1. The molecule has 0 aromatic heterocycles. The highest BCUT2D eigenvalue weighted by Gasteiger charge is 2.37. The van der Waals surface area contributed by atoms with Gasteiger partial charge in [0.25, 0.3) is 0 Å². The van der Waals surface area contributed by atoms with Crippen molar-refractivity contribution in [2.75, 3.05) is 13.1 Å². The number of ketones is 1. The Balaban J connectivity index is 2.32. The number of carbonyl (C=O) groups excluding carboxylic acids is 2. The van der Waals surface area contributed by atoms with Crippen molar-refractivity contribution in [2.45, 2.75) is 46.6 Å². The van der Waals surface area contributed by atoms with Crippen molar-refractivity contribution in [3.05, 3.63) is 0 Å². The van der Waals surface area contributed by atoms with Crippen molar-refractivity contribution in [3.8, 4) is 0 Å². The van der Waals surface area contributed by atoms with E-state index in [-0.39, 0.29) is 17.8 Å². The minimum Gasteiger partial charge on any atom is -0.444 e. The molecule has 98 valence electrons. The Labute approximate surface area is 103 Å². The summed E-state index contributed by atoms with van der Waals surface area (Å²) in [6.07, 6.45) is 0.290. The molecule has 1 fully saturated rings. The molecule has 1 aliphatic rings. The predicted molar refractivity (Wildman–Crippen MR) is 65.8 cm³/mol. The average Bonchev–Trinajstić information content (AvgIpc) is 1.94. The minimum atomic E-state index is -0.468. The van der Waals surface area contributed by atoms with E-state index in [1.54, 1.807) is 4.90 Å². The molecule has 0 spiro atoms. The summed E-state index contributed by atoms with van der Waals surface area (Å²) in [4.78, 5) is 24.9. The molecule has 0 N–H and O–H groups in total. The molecule has 1 aliphatic heterocycles. The van der Waals surface area contributed by atoms with Crippen LogP contribution in [0.3, 0.4) is 0 Å². The van der Waals surface area contributed by atoms with Gasteiger partial charge in [-0.15, -0.1) is 0 Å². The van der Waals surface area contributed by atoms with Crippen molar-refractivity contribution in [2.24, 2.45) is 11.8 Å². The topological polar surface area (TPSA) is 46.6 Å². The van der Waals surface area contributed by atoms with E-state index in [2.05, 4.69) is 0 Å². The van der Waals surface area contributed by atoms with Gasteiger partial charge in [-0.3, -0.25) is 4.79 Å².